The van der Waals surface area contributed by atoms with E-state index in [0.717, 1.165) is 6.54 Å². The van der Waals surface area contributed by atoms with Crippen molar-refractivity contribution in [3.05, 3.63) is 35.6 Å². The van der Waals surface area contributed by atoms with Crippen LogP contribution in [0.3, 0.4) is 0 Å². The molecule has 1 aromatic carbocycles. The maximum atomic E-state index is 13.4. The van der Waals surface area contributed by atoms with Crippen LogP contribution in [0, 0.1) is 5.82 Å². The minimum absolute atomic E-state index is 0.000438. The van der Waals surface area contributed by atoms with Crippen molar-refractivity contribution in [3.8, 4) is 0 Å². The van der Waals surface area contributed by atoms with E-state index in [1.165, 1.54) is 28.8 Å². The highest BCUT2D eigenvalue weighted by Crippen LogP contribution is 2.38. The topological polar surface area (TPSA) is 52.7 Å². The molecule has 1 heterocycles. The van der Waals surface area contributed by atoms with Crippen molar-refractivity contribution in [3.63, 3.8) is 0 Å². The van der Waals surface area contributed by atoms with Gasteiger partial charge in [-0.05, 0) is 31.8 Å². The van der Waals surface area contributed by atoms with E-state index in [2.05, 4.69) is 5.32 Å². The second-order valence-corrected chi connectivity index (χ2v) is 6.46. The number of hydrogen-bond donors (Lipinski definition) is 1. The molecule has 1 saturated heterocycles. The average molecular weight is 325 g/mol. The van der Waals surface area contributed by atoms with Gasteiger partial charge in [-0.2, -0.15) is 0 Å². The van der Waals surface area contributed by atoms with E-state index in [1.807, 2.05) is 19.0 Å². The molecule has 1 fully saturated rings. The van der Waals surface area contributed by atoms with Gasteiger partial charge in [0.05, 0.1) is 5.75 Å². The Morgan fingerprint density at radius 2 is 2.27 bits per heavy atom. The summed E-state index contributed by atoms with van der Waals surface area (Å²) in [5.74, 6) is -0.319. The Morgan fingerprint density at radius 3 is 2.95 bits per heavy atom. The molecule has 7 heteroatoms. The zero-order chi connectivity index (χ0) is 16.1. The Bertz CT molecular complexity index is 553. The van der Waals surface area contributed by atoms with Gasteiger partial charge in [-0.1, -0.05) is 12.1 Å². The molecule has 0 aromatic heterocycles. The molecular weight excluding hydrogens is 305 g/mol. The van der Waals surface area contributed by atoms with Crippen LogP contribution in [0.2, 0.25) is 0 Å². The molecule has 1 aliphatic rings. The van der Waals surface area contributed by atoms with Gasteiger partial charge >= 0.3 is 0 Å². The molecule has 0 bridgehead atoms. The molecule has 0 spiro atoms. The summed E-state index contributed by atoms with van der Waals surface area (Å²) in [5, 5.41) is 2.48. The van der Waals surface area contributed by atoms with E-state index < -0.39 is 0 Å². The highest BCUT2D eigenvalue weighted by molar-refractivity contribution is 8.00. The lowest BCUT2D eigenvalue weighted by atomic mass is 10.2. The predicted octanol–water partition coefficient (Wildman–Crippen LogP) is 1.08. The van der Waals surface area contributed by atoms with Crippen LogP contribution in [0.15, 0.2) is 24.3 Å². The van der Waals surface area contributed by atoms with Crippen LogP contribution in [-0.4, -0.2) is 61.1 Å². The van der Waals surface area contributed by atoms with Crippen molar-refractivity contribution >= 4 is 23.6 Å². The lowest BCUT2D eigenvalue weighted by Gasteiger charge is -2.23. The monoisotopic (exact) mass is 325 g/mol. The molecule has 22 heavy (non-hydrogen) atoms. The number of carbonyl (C=O) groups is 2. The number of thioether (sulfide) groups is 1. The normalized spacial score (nSPS) is 18.1. The summed E-state index contributed by atoms with van der Waals surface area (Å²) >= 11 is 1.41. The van der Waals surface area contributed by atoms with Gasteiger partial charge in [0.25, 0.3) is 0 Å². The second-order valence-electron chi connectivity index (χ2n) is 5.39. The molecule has 5 nitrogen and oxygen atoms in total. The van der Waals surface area contributed by atoms with Crippen LogP contribution >= 0.6 is 11.8 Å². The standard InChI is InChI=1S/C15H20FN3O2S/c1-18(2)7-6-17-13(20)9-19-14(21)10-22-15(19)11-4-3-5-12(16)8-11/h3-5,8,15H,6-7,9-10H2,1-2H3,(H,17,20). The van der Waals surface area contributed by atoms with Crippen LogP contribution in [0.4, 0.5) is 4.39 Å². The first kappa shape index (κ1) is 16.8. The lowest BCUT2D eigenvalue weighted by Crippen LogP contribution is -2.41. The molecule has 1 aliphatic heterocycles. The number of nitrogens with zero attached hydrogens (tertiary/aromatic N) is 2. The molecule has 2 amide bonds. The van der Waals surface area contributed by atoms with Crippen LogP contribution in [0.25, 0.3) is 0 Å². The Kier molecular flexibility index (Phi) is 5.79. The molecule has 0 aliphatic carbocycles. The minimum Gasteiger partial charge on any atom is -0.353 e. The smallest absolute Gasteiger partial charge is 0.239 e. The third-order valence-corrected chi connectivity index (χ3v) is 4.55. The Labute approximate surface area is 133 Å². The van der Waals surface area contributed by atoms with Crippen molar-refractivity contribution in [1.29, 1.82) is 0 Å². The fourth-order valence-electron chi connectivity index (χ4n) is 2.19. The van der Waals surface area contributed by atoms with Crippen LogP contribution in [0.5, 0.6) is 0 Å². The second kappa shape index (κ2) is 7.60. The molecule has 1 atom stereocenters. The molecule has 2 rings (SSSR count). The summed E-state index contributed by atoms with van der Waals surface area (Å²) in [6.45, 7) is 1.27. The molecule has 0 radical (unpaired) electrons. The van der Waals surface area contributed by atoms with Crippen molar-refractivity contribution < 1.29 is 14.0 Å². The van der Waals surface area contributed by atoms with Gasteiger partial charge < -0.3 is 15.1 Å². The number of amides is 2. The first-order valence-electron chi connectivity index (χ1n) is 7.05. The zero-order valence-electron chi connectivity index (χ0n) is 12.7. The summed E-state index contributed by atoms with van der Waals surface area (Å²) in [6, 6.07) is 6.16. The molecule has 1 aromatic rings. The first-order valence-corrected chi connectivity index (χ1v) is 8.10. The number of likely N-dealkylation sites (N-methyl/N-ethyl adjacent to an activating group) is 1. The lowest BCUT2D eigenvalue weighted by molar-refractivity contribution is -0.133. The number of carbonyl (C=O) groups excluding carboxylic acids is 2. The van der Waals surface area contributed by atoms with Gasteiger partial charge in [0.15, 0.2) is 0 Å². The van der Waals surface area contributed by atoms with Gasteiger partial charge in [0.2, 0.25) is 11.8 Å². The van der Waals surface area contributed by atoms with E-state index in [4.69, 9.17) is 0 Å². The minimum atomic E-state index is -0.340. The molecule has 1 N–H and O–H groups in total. The molecular formula is C15H20FN3O2S. The third-order valence-electron chi connectivity index (χ3n) is 3.30. The maximum absolute atomic E-state index is 13.4. The number of hydrogen-bond acceptors (Lipinski definition) is 4. The summed E-state index contributed by atoms with van der Waals surface area (Å²) < 4.78 is 13.4. The van der Waals surface area contributed by atoms with E-state index in [-0.39, 0.29) is 29.6 Å². The Balaban J connectivity index is 1.98. The van der Waals surface area contributed by atoms with E-state index >= 15 is 0 Å². The van der Waals surface area contributed by atoms with Crippen molar-refractivity contribution in [1.82, 2.24) is 15.1 Å². The summed E-state index contributed by atoms with van der Waals surface area (Å²) in [6.07, 6.45) is 0. The zero-order valence-corrected chi connectivity index (χ0v) is 13.5. The van der Waals surface area contributed by atoms with E-state index in [1.54, 1.807) is 12.1 Å². The van der Waals surface area contributed by atoms with Crippen LogP contribution in [0.1, 0.15) is 10.9 Å². The number of benzene rings is 1. The average Bonchev–Trinajstić information content (AvgIpc) is 2.80. The maximum Gasteiger partial charge on any atom is 0.239 e. The Hall–Kier alpha value is -1.60. The fraction of sp³-hybridized carbons (Fsp3) is 0.467. The third kappa shape index (κ3) is 4.45. The van der Waals surface area contributed by atoms with E-state index in [9.17, 15) is 14.0 Å². The van der Waals surface area contributed by atoms with Gasteiger partial charge in [-0.15, -0.1) is 11.8 Å². The Morgan fingerprint density at radius 1 is 1.50 bits per heavy atom. The number of rotatable bonds is 6. The van der Waals surface area contributed by atoms with Crippen molar-refractivity contribution in [2.24, 2.45) is 0 Å². The molecule has 1 unspecified atom stereocenters. The quantitative estimate of drug-likeness (QED) is 0.850. The fourth-order valence-corrected chi connectivity index (χ4v) is 3.37. The predicted molar refractivity (Wildman–Crippen MR) is 84.9 cm³/mol. The van der Waals surface area contributed by atoms with Gasteiger partial charge in [-0.25, -0.2) is 4.39 Å². The van der Waals surface area contributed by atoms with E-state index in [0.29, 0.717) is 17.9 Å². The SMILES string of the molecule is CN(C)CCNC(=O)CN1C(=O)CSC1c1cccc(F)c1. The highest BCUT2D eigenvalue weighted by Gasteiger charge is 2.34. The highest BCUT2D eigenvalue weighted by atomic mass is 32.2. The first-order chi connectivity index (χ1) is 10.5. The summed E-state index contributed by atoms with van der Waals surface area (Å²) in [7, 11) is 3.85. The summed E-state index contributed by atoms with van der Waals surface area (Å²) in [4.78, 5) is 27.4. The van der Waals surface area contributed by atoms with Crippen molar-refractivity contribution in [2.45, 2.75) is 5.37 Å². The van der Waals surface area contributed by atoms with Crippen LogP contribution in [-0.2, 0) is 9.59 Å². The number of halogens is 1. The van der Waals surface area contributed by atoms with Gasteiger partial charge in [-0.3, -0.25) is 9.59 Å². The summed E-state index contributed by atoms with van der Waals surface area (Å²) in [5.41, 5.74) is 0.706. The molecule has 120 valence electrons. The van der Waals surface area contributed by atoms with Gasteiger partial charge in [0.1, 0.15) is 17.7 Å². The number of nitrogens with one attached hydrogen (secondary N) is 1. The van der Waals surface area contributed by atoms with Gasteiger partial charge in [0, 0.05) is 13.1 Å². The molecule has 0 saturated carbocycles. The van der Waals surface area contributed by atoms with Crippen LogP contribution < -0.4 is 5.32 Å². The largest absolute Gasteiger partial charge is 0.353 e. The van der Waals surface area contributed by atoms with Crippen molar-refractivity contribution in [2.75, 3.05) is 39.5 Å².